The van der Waals surface area contributed by atoms with E-state index in [1.165, 1.54) is 11.1 Å². The molecule has 0 radical (unpaired) electrons. The third-order valence-electron chi connectivity index (χ3n) is 8.55. The Labute approximate surface area is 208 Å². The van der Waals surface area contributed by atoms with Gasteiger partial charge in [-0.3, -0.25) is 0 Å². The average molecular weight is 495 g/mol. The summed E-state index contributed by atoms with van der Waals surface area (Å²) in [4.78, 5) is 9.11. The van der Waals surface area contributed by atoms with E-state index in [1.54, 1.807) is 6.33 Å². The molecule has 1 fully saturated rings. The number of hydrogen-bond donors (Lipinski definition) is 3. The van der Waals surface area contributed by atoms with E-state index in [4.69, 9.17) is 4.43 Å². The highest BCUT2D eigenvalue weighted by Gasteiger charge is 2.45. The molecule has 5 rings (SSSR count). The van der Waals surface area contributed by atoms with Gasteiger partial charge in [0.2, 0.25) is 0 Å². The van der Waals surface area contributed by atoms with Gasteiger partial charge in [-0.25, -0.2) is 9.97 Å². The minimum absolute atomic E-state index is 0.103. The molecule has 5 atom stereocenters. The predicted molar refractivity (Wildman–Crippen MR) is 141 cm³/mol. The van der Waals surface area contributed by atoms with Gasteiger partial charge < -0.3 is 24.5 Å². The molecule has 2 heterocycles. The Morgan fingerprint density at radius 1 is 1.11 bits per heavy atom. The van der Waals surface area contributed by atoms with Crippen LogP contribution in [-0.4, -0.2) is 51.9 Å². The first kappa shape index (κ1) is 24.4. The van der Waals surface area contributed by atoms with E-state index in [-0.39, 0.29) is 23.0 Å². The van der Waals surface area contributed by atoms with E-state index in [0.717, 1.165) is 29.7 Å². The van der Waals surface area contributed by atoms with Crippen molar-refractivity contribution in [3.05, 3.63) is 54.0 Å². The summed E-state index contributed by atoms with van der Waals surface area (Å²) in [5.41, 5.74) is 3.50. The van der Waals surface area contributed by atoms with E-state index in [2.05, 4.69) is 73.4 Å². The highest BCUT2D eigenvalue weighted by molar-refractivity contribution is 6.74. The minimum Gasteiger partial charge on any atom is -0.416 e. The lowest BCUT2D eigenvalue weighted by Gasteiger charge is -2.37. The van der Waals surface area contributed by atoms with Crippen molar-refractivity contribution < 1.29 is 14.6 Å². The molecule has 0 spiro atoms. The quantitative estimate of drug-likeness (QED) is 0.425. The van der Waals surface area contributed by atoms with Crippen LogP contribution in [0.4, 0.5) is 5.82 Å². The molecule has 2 aliphatic rings. The van der Waals surface area contributed by atoms with Crippen molar-refractivity contribution in [3.8, 4) is 0 Å². The molecule has 8 heteroatoms. The number of anilines is 1. The summed E-state index contributed by atoms with van der Waals surface area (Å²) in [6.07, 6.45) is 4.60. The lowest BCUT2D eigenvalue weighted by atomic mass is 10.1. The van der Waals surface area contributed by atoms with E-state index in [1.807, 2.05) is 16.8 Å². The summed E-state index contributed by atoms with van der Waals surface area (Å²) in [5.74, 6) is 0.692. The fraction of sp³-hybridized carbons (Fsp3) is 0.556. The molecular weight excluding hydrogens is 456 g/mol. The first-order valence-corrected chi connectivity index (χ1v) is 15.6. The van der Waals surface area contributed by atoms with Crippen LogP contribution >= 0.6 is 0 Å². The molecule has 35 heavy (non-hydrogen) atoms. The predicted octanol–water partition coefficient (Wildman–Crippen LogP) is 4.84. The fourth-order valence-corrected chi connectivity index (χ4v) is 6.36. The van der Waals surface area contributed by atoms with Gasteiger partial charge in [0.25, 0.3) is 0 Å². The third-order valence-corrected chi connectivity index (χ3v) is 13.0. The number of aliphatic hydroxyl groups is 2. The number of aryl methyl sites for hydroxylation is 1. The Bertz CT molecular complexity index is 1200. The molecule has 0 amide bonds. The topological polar surface area (TPSA) is 92.4 Å². The van der Waals surface area contributed by atoms with E-state index < -0.39 is 20.5 Å². The average Bonchev–Trinajstić information content (AvgIpc) is 3.49. The molecule has 1 saturated carbocycles. The first-order valence-electron chi connectivity index (χ1n) is 12.7. The summed E-state index contributed by atoms with van der Waals surface area (Å²) in [5, 5.41) is 26.5. The lowest BCUT2D eigenvalue weighted by Crippen LogP contribution is -2.43. The highest BCUT2D eigenvalue weighted by Crippen LogP contribution is 2.41. The van der Waals surface area contributed by atoms with Crippen LogP contribution in [0.3, 0.4) is 0 Å². The Morgan fingerprint density at radius 3 is 2.66 bits per heavy atom. The first-order chi connectivity index (χ1) is 16.6. The molecule has 0 aliphatic heterocycles. The van der Waals surface area contributed by atoms with Crippen LogP contribution in [0, 0.1) is 5.92 Å². The van der Waals surface area contributed by atoms with Crippen molar-refractivity contribution in [1.82, 2.24) is 14.5 Å². The maximum atomic E-state index is 11.0. The molecule has 188 valence electrons. The normalized spacial score (nSPS) is 26.9. The van der Waals surface area contributed by atoms with Crippen molar-refractivity contribution in [3.63, 3.8) is 0 Å². The number of aromatic nitrogens is 3. The van der Waals surface area contributed by atoms with Crippen LogP contribution in [0.2, 0.25) is 18.1 Å². The third kappa shape index (κ3) is 4.41. The smallest absolute Gasteiger partial charge is 0.191 e. The van der Waals surface area contributed by atoms with Gasteiger partial charge in [0.05, 0.1) is 23.6 Å². The molecule has 2 aliphatic carbocycles. The highest BCUT2D eigenvalue weighted by atomic mass is 28.4. The number of rotatable bonds is 6. The van der Waals surface area contributed by atoms with E-state index in [9.17, 15) is 10.2 Å². The Balaban J connectivity index is 1.35. The Hall–Kier alpha value is -2.26. The standard InChI is InChI=1S/C27H38N4O3Si/c1-27(2,3)35(4,5)34-15-18-14-22(24(33)23(18)32)31-13-12-20-25(28-16-29-26(20)31)30-21-11-10-17-8-6-7-9-19(17)21/h6-9,12-13,16,18,21-24,32-33H,10-11,14-15H2,1-5H3,(H,28,29,30)/t18-,21-,22+,23+,24-/m0/s1. The van der Waals surface area contributed by atoms with E-state index in [0.29, 0.717) is 13.0 Å². The SMILES string of the molecule is CC(C)(C)[Si](C)(C)OC[C@@H]1C[C@@H](n2ccc3c(N[C@H]4CCc5ccccc54)ncnc32)[C@H](O)[C@@H]1O. The van der Waals surface area contributed by atoms with Crippen LogP contribution in [0.5, 0.6) is 0 Å². The number of nitrogens with zero attached hydrogens (tertiary/aromatic N) is 3. The van der Waals surface area contributed by atoms with Crippen LogP contribution in [0.1, 0.15) is 56.8 Å². The fourth-order valence-electron chi connectivity index (χ4n) is 5.30. The van der Waals surface area contributed by atoms with Gasteiger partial charge in [0.15, 0.2) is 8.32 Å². The van der Waals surface area contributed by atoms with Crippen LogP contribution in [0.25, 0.3) is 11.0 Å². The molecule has 0 unspecified atom stereocenters. The summed E-state index contributed by atoms with van der Waals surface area (Å²) in [6.45, 7) is 11.5. The van der Waals surface area contributed by atoms with Crippen molar-refractivity contribution in [2.45, 2.75) is 82.5 Å². The van der Waals surface area contributed by atoms with Gasteiger partial charge in [-0.05, 0) is 54.6 Å². The number of aliphatic hydroxyl groups excluding tert-OH is 2. The van der Waals surface area contributed by atoms with Crippen molar-refractivity contribution in [1.29, 1.82) is 0 Å². The molecule has 7 nitrogen and oxygen atoms in total. The van der Waals surface area contributed by atoms with Crippen LogP contribution in [0.15, 0.2) is 42.9 Å². The zero-order valence-corrected chi connectivity index (χ0v) is 22.4. The zero-order valence-electron chi connectivity index (χ0n) is 21.4. The van der Waals surface area contributed by atoms with Gasteiger partial charge in [0.1, 0.15) is 23.9 Å². The molecule has 1 aromatic carbocycles. The van der Waals surface area contributed by atoms with Gasteiger partial charge in [-0.1, -0.05) is 45.0 Å². The maximum absolute atomic E-state index is 11.0. The Morgan fingerprint density at radius 2 is 1.89 bits per heavy atom. The largest absolute Gasteiger partial charge is 0.416 e. The lowest BCUT2D eigenvalue weighted by molar-refractivity contribution is -0.00251. The minimum atomic E-state index is -1.94. The van der Waals surface area contributed by atoms with Crippen molar-refractivity contribution >= 4 is 25.2 Å². The number of nitrogens with one attached hydrogen (secondary N) is 1. The maximum Gasteiger partial charge on any atom is 0.191 e. The molecule has 3 N–H and O–H groups in total. The van der Waals surface area contributed by atoms with Gasteiger partial charge in [0, 0.05) is 18.7 Å². The van der Waals surface area contributed by atoms with Crippen LogP contribution < -0.4 is 5.32 Å². The second-order valence-electron chi connectivity index (χ2n) is 11.7. The number of fused-ring (bicyclic) bond motifs is 2. The number of hydrogen-bond acceptors (Lipinski definition) is 6. The van der Waals surface area contributed by atoms with Gasteiger partial charge >= 0.3 is 0 Å². The summed E-state index contributed by atoms with van der Waals surface area (Å²) in [7, 11) is -1.94. The van der Waals surface area contributed by atoms with Gasteiger partial charge in [-0.2, -0.15) is 0 Å². The monoisotopic (exact) mass is 494 g/mol. The summed E-state index contributed by atoms with van der Waals surface area (Å²) < 4.78 is 8.40. The Kier molecular flexibility index (Phi) is 6.28. The van der Waals surface area contributed by atoms with Crippen LogP contribution in [-0.2, 0) is 10.8 Å². The second kappa shape index (κ2) is 8.99. The van der Waals surface area contributed by atoms with E-state index >= 15 is 0 Å². The van der Waals surface area contributed by atoms with Gasteiger partial charge in [-0.15, -0.1) is 0 Å². The number of benzene rings is 1. The molecule has 0 saturated heterocycles. The summed E-state index contributed by atoms with van der Waals surface area (Å²) >= 11 is 0. The summed E-state index contributed by atoms with van der Waals surface area (Å²) in [6, 6.07) is 10.5. The zero-order chi connectivity index (χ0) is 25.0. The van der Waals surface area contributed by atoms with Crippen molar-refractivity contribution in [2.75, 3.05) is 11.9 Å². The molecule has 3 aromatic rings. The van der Waals surface area contributed by atoms with Crippen molar-refractivity contribution in [2.24, 2.45) is 5.92 Å². The molecule has 0 bridgehead atoms. The molecule has 2 aromatic heterocycles. The molecular formula is C27H38N4O3Si. The second-order valence-corrected chi connectivity index (χ2v) is 16.5.